The van der Waals surface area contributed by atoms with Gasteiger partial charge >= 0.3 is 5.97 Å². The molecule has 0 amide bonds. The first-order chi connectivity index (χ1) is 16.9. The molecular weight excluding hydrogens is 472 g/mol. The Morgan fingerprint density at radius 1 is 0.946 bits per heavy atom. The molecule has 0 unspecified atom stereocenters. The number of aliphatic carboxylic acids is 1. The second kappa shape index (κ2) is 8.69. The van der Waals surface area contributed by atoms with E-state index in [4.69, 9.17) is 5.11 Å². The van der Waals surface area contributed by atoms with Crippen LogP contribution in [0.4, 0.5) is 0 Å². The van der Waals surface area contributed by atoms with Crippen molar-refractivity contribution in [2.75, 3.05) is 0 Å². The van der Waals surface area contributed by atoms with Gasteiger partial charge < -0.3 is 10.2 Å². The molecule has 2 saturated carbocycles. The van der Waals surface area contributed by atoms with E-state index in [0.717, 1.165) is 0 Å². The molecule has 8 atom stereocenters. The lowest BCUT2D eigenvalue weighted by Crippen LogP contribution is -2.59. The number of carbonyl (C=O) groups excluding carboxylic acids is 4. The maximum Gasteiger partial charge on any atom is 0.306 e. The number of carbonyl (C=O) groups is 5. The number of hydrogen-bond acceptors (Lipinski definition) is 6. The van der Waals surface area contributed by atoms with Crippen LogP contribution in [-0.2, 0) is 24.0 Å². The third-order valence-corrected chi connectivity index (χ3v) is 11.4. The summed E-state index contributed by atoms with van der Waals surface area (Å²) in [5.41, 5.74) is -2.13. The molecule has 0 bridgehead atoms. The van der Waals surface area contributed by atoms with Crippen LogP contribution in [0.2, 0.25) is 0 Å². The molecule has 0 heterocycles. The van der Waals surface area contributed by atoms with Gasteiger partial charge in [-0.15, -0.1) is 0 Å². The van der Waals surface area contributed by atoms with E-state index in [0.29, 0.717) is 24.0 Å². The minimum Gasteiger partial charge on any atom is -0.481 e. The third-order valence-electron chi connectivity index (χ3n) is 11.4. The minimum absolute atomic E-state index is 0.0521. The largest absolute Gasteiger partial charge is 0.481 e. The molecule has 0 saturated heterocycles. The first-order valence-electron chi connectivity index (χ1n) is 13.7. The van der Waals surface area contributed by atoms with Crippen molar-refractivity contribution in [1.29, 1.82) is 0 Å². The Hall–Kier alpha value is -2.15. The Kier molecular flexibility index (Phi) is 6.54. The highest BCUT2D eigenvalue weighted by Crippen LogP contribution is 2.70. The fraction of sp³-hybridized carbons (Fsp3) is 0.767. The number of fused-ring (bicyclic) bond motifs is 4. The fourth-order valence-electron chi connectivity index (χ4n) is 8.84. The summed E-state index contributed by atoms with van der Waals surface area (Å²) in [6.07, 6.45) is 1.19. The Morgan fingerprint density at radius 3 is 2.16 bits per heavy atom. The third kappa shape index (κ3) is 3.74. The van der Waals surface area contributed by atoms with Gasteiger partial charge in [0.15, 0.2) is 11.6 Å². The summed E-state index contributed by atoms with van der Waals surface area (Å²) in [5.74, 6) is -2.94. The predicted octanol–water partition coefficient (Wildman–Crippen LogP) is 4.34. The van der Waals surface area contributed by atoms with Crippen molar-refractivity contribution in [2.45, 2.75) is 99.5 Å². The molecule has 4 rings (SSSR count). The summed E-state index contributed by atoms with van der Waals surface area (Å²) in [6, 6.07) is 0. The van der Waals surface area contributed by atoms with Gasteiger partial charge in [-0.05, 0) is 48.3 Å². The summed E-state index contributed by atoms with van der Waals surface area (Å²) in [5, 5.41) is 19.9. The van der Waals surface area contributed by atoms with E-state index < -0.39 is 39.7 Å². The van der Waals surface area contributed by atoms with Gasteiger partial charge in [0, 0.05) is 48.7 Å². The second-order valence-corrected chi connectivity index (χ2v) is 13.8. The van der Waals surface area contributed by atoms with Crippen molar-refractivity contribution in [3.05, 3.63) is 11.1 Å². The van der Waals surface area contributed by atoms with Crippen LogP contribution >= 0.6 is 0 Å². The van der Waals surface area contributed by atoms with Crippen molar-refractivity contribution in [2.24, 2.45) is 45.3 Å². The van der Waals surface area contributed by atoms with Crippen molar-refractivity contribution in [3.63, 3.8) is 0 Å². The Balaban J connectivity index is 1.75. The smallest absolute Gasteiger partial charge is 0.306 e. The monoisotopic (exact) mass is 514 g/mol. The van der Waals surface area contributed by atoms with Crippen molar-refractivity contribution < 1.29 is 34.2 Å². The number of aliphatic hydroxyl groups excluding tert-OH is 1. The standard InChI is InChI=1S/C30H42O7/c1-15(10-17(31)11-16(2)26(36)37)18-12-23(35)30(7)25-19(32)13-21-27(3,4)22(34)8-9-28(21,5)24(25)20(33)14-29(18,30)6/h15-16,18,21-22,34H,8-14H2,1-7H3,(H,36,37)/t15-,16+,18-,21-,22+,28+,29-,30+/m1/s1. The van der Waals surface area contributed by atoms with Gasteiger partial charge in [0.25, 0.3) is 0 Å². The van der Waals surface area contributed by atoms with Gasteiger partial charge in [-0.3, -0.25) is 24.0 Å². The van der Waals surface area contributed by atoms with Gasteiger partial charge in [-0.2, -0.15) is 0 Å². The van der Waals surface area contributed by atoms with Crippen LogP contribution in [0.25, 0.3) is 0 Å². The first kappa shape index (κ1) is 27.9. The number of carboxylic acid groups (broad SMARTS) is 1. The molecule has 4 aliphatic carbocycles. The lowest BCUT2D eigenvalue weighted by molar-refractivity contribution is -0.145. The zero-order valence-corrected chi connectivity index (χ0v) is 23.3. The SMILES string of the molecule is C[C@H](CC(=O)C[C@H](C)C(=O)O)[C@H]1CC(=O)[C@@]2(C)C3=C(C(=O)C[C@]12C)[C@@]1(C)CC[C@H](O)C(C)(C)[C@H]1CC3=O. The van der Waals surface area contributed by atoms with E-state index in [2.05, 4.69) is 0 Å². The molecule has 0 aromatic rings. The van der Waals surface area contributed by atoms with Crippen LogP contribution < -0.4 is 0 Å². The van der Waals surface area contributed by atoms with Crippen LogP contribution in [0.5, 0.6) is 0 Å². The van der Waals surface area contributed by atoms with Gasteiger partial charge in [0.05, 0.1) is 17.4 Å². The summed E-state index contributed by atoms with van der Waals surface area (Å²) in [6.45, 7) is 13.2. The normalized spacial score (nSPS) is 40.5. The maximum atomic E-state index is 14.0. The molecule has 0 spiro atoms. The van der Waals surface area contributed by atoms with E-state index in [1.165, 1.54) is 6.92 Å². The van der Waals surface area contributed by atoms with E-state index in [9.17, 15) is 29.1 Å². The van der Waals surface area contributed by atoms with Crippen LogP contribution in [0.15, 0.2) is 11.1 Å². The van der Waals surface area contributed by atoms with Crippen molar-refractivity contribution in [1.82, 2.24) is 0 Å². The number of ketones is 4. The summed E-state index contributed by atoms with van der Waals surface area (Å²) in [7, 11) is 0. The highest BCUT2D eigenvalue weighted by molar-refractivity contribution is 6.16. The van der Waals surface area contributed by atoms with Crippen LogP contribution in [0.1, 0.15) is 93.4 Å². The van der Waals surface area contributed by atoms with E-state index in [1.807, 2.05) is 41.5 Å². The van der Waals surface area contributed by atoms with Crippen LogP contribution in [0.3, 0.4) is 0 Å². The van der Waals surface area contributed by atoms with E-state index in [-0.39, 0.29) is 73.0 Å². The molecule has 204 valence electrons. The minimum atomic E-state index is -1.11. The molecule has 2 N–H and O–H groups in total. The molecule has 0 aromatic heterocycles. The summed E-state index contributed by atoms with van der Waals surface area (Å²) in [4.78, 5) is 65.6. The Morgan fingerprint density at radius 2 is 1.57 bits per heavy atom. The molecule has 0 radical (unpaired) electrons. The first-order valence-corrected chi connectivity index (χ1v) is 13.7. The highest BCUT2D eigenvalue weighted by Gasteiger charge is 2.70. The van der Waals surface area contributed by atoms with Crippen molar-refractivity contribution in [3.8, 4) is 0 Å². The number of aliphatic hydroxyl groups is 1. The van der Waals surface area contributed by atoms with Gasteiger partial charge in [-0.25, -0.2) is 0 Å². The van der Waals surface area contributed by atoms with E-state index >= 15 is 0 Å². The number of hydrogen-bond donors (Lipinski definition) is 2. The number of rotatable bonds is 6. The number of allylic oxidation sites excluding steroid dienone is 2. The zero-order valence-electron chi connectivity index (χ0n) is 23.3. The zero-order chi connectivity index (χ0) is 27.9. The maximum absolute atomic E-state index is 14.0. The molecule has 37 heavy (non-hydrogen) atoms. The molecule has 7 heteroatoms. The molecule has 4 aliphatic rings. The lowest BCUT2D eigenvalue weighted by atomic mass is 9.42. The molecular formula is C30H42O7. The predicted molar refractivity (Wildman–Crippen MR) is 136 cm³/mol. The topological polar surface area (TPSA) is 126 Å². The van der Waals surface area contributed by atoms with Gasteiger partial charge in [0.1, 0.15) is 11.6 Å². The molecule has 0 aliphatic heterocycles. The molecule has 2 fully saturated rings. The second-order valence-electron chi connectivity index (χ2n) is 13.8. The van der Waals surface area contributed by atoms with E-state index in [1.54, 1.807) is 0 Å². The number of Topliss-reactive ketones (excluding diaryl/α,β-unsaturated/α-hetero) is 4. The average molecular weight is 515 g/mol. The Bertz CT molecular complexity index is 1110. The Labute approximate surface area is 219 Å². The highest BCUT2D eigenvalue weighted by atomic mass is 16.4. The molecule has 0 aromatic carbocycles. The fourth-order valence-corrected chi connectivity index (χ4v) is 8.84. The van der Waals surface area contributed by atoms with Crippen molar-refractivity contribution >= 4 is 29.1 Å². The van der Waals surface area contributed by atoms with Gasteiger partial charge in [-0.1, -0.05) is 41.5 Å². The molecule has 7 nitrogen and oxygen atoms in total. The summed E-state index contributed by atoms with van der Waals surface area (Å²) < 4.78 is 0. The summed E-state index contributed by atoms with van der Waals surface area (Å²) >= 11 is 0. The lowest BCUT2D eigenvalue weighted by Gasteiger charge is -2.60. The van der Waals surface area contributed by atoms with Gasteiger partial charge in [0.2, 0.25) is 0 Å². The van der Waals surface area contributed by atoms with Crippen LogP contribution in [0, 0.1) is 45.3 Å². The number of carboxylic acids is 1. The average Bonchev–Trinajstić information content (AvgIpc) is 2.99. The quantitative estimate of drug-likeness (QED) is 0.540. The van der Waals surface area contributed by atoms with Crippen LogP contribution in [-0.4, -0.2) is 45.4 Å².